The molecule has 2 saturated carbocycles. The fourth-order valence-electron chi connectivity index (χ4n) is 4.20. The fraction of sp³-hybridized carbons (Fsp3) is 1.00. The quantitative estimate of drug-likeness (QED) is 0.807. The Morgan fingerprint density at radius 1 is 1.06 bits per heavy atom. The molecule has 0 aromatic heterocycles. The normalized spacial score (nSPS) is 35.2. The van der Waals surface area contributed by atoms with Gasteiger partial charge in [-0.2, -0.15) is 0 Å². The highest BCUT2D eigenvalue weighted by atomic mass is 15.2. The van der Waals surface area contributed by atoms with Gasteiger partial charge in [0.1, 0.15) is 0 Å². The van der Waals surface area contributed by atoms with Crippen LogP contribution < -0.4 is 5.32 Å². The van der Waals surface area contributed by atoms with Crippen molar-refractivity contribution in [1.82, 2.24) is 10.2 Å². The second-order valence-electron chi connectivity index (χ2n) is 6.87. The van der Waals surface area contributed by atoms with E-state index in [9.17, 15) is 0 Å². The van der Waals surface area contributed by atoms with E-state index in [1.54, 1.807) is 0 Å². The third-order valence-corrected chi connectivity index (χ3v) is 5.55. The van der Waals surface area contributed by atoms with Gasteiger partial charge in [-0.3, -0.25) is 4.90 Å². The van der Waals surface area contributed by atoms with E-state index in [1.807, 2.05) is 0 Å². The largest absolute Gasteiger partial charge is 0.313 e. The van der Waals surface area contributed by atoms with Gasteiger partial charge in [0, 0.05) is 25.2 Å². The van der Waals surface area contributed by atoms with Crippen LogP contribution in [0.25, 0.3) is 0 Å². The van der Waals surface area contributed by atoms with Gasteiger partial charge in [-0.05, 0) is 63.8 Å². The van der Waals surface area contributed by atoms with E-state index in [1.165, 1.54) is 71.0 Å². The van der Waals surface area contributed by atoms with Crippen molar-refractivity contribution in [2.24, 2.45) is 11.8 Å². The molecule has 2 aliphatic carbocycles. The van der Waals surface area contributed by atoms with Gasteiger partial charge < -0.3 is 5.32 Å². The number of piperidine rings is 1. The van der Waals surface area contributed by atoms with Crippen LogP contribution in [0.2, 0.25) is 0 Å². The summed E-state index contributed by atoms with van der Waals surface area (Å²) in [4.78, 5) is 2.81. The highest BCUT2D eigenvalue weighted by Crippen LogP contribution is 2.35. The first-order valence-corrected chi connectivity index (χ1v) is 8.32. The van der Waals surface area contributed by atoms with Crippen LogP contribution in [0.3, 0.4) is 0 Å². The summed E-state index contributed by atoms with van der Waals surface area (Å²) in [6, 6.07) is 1.70. The molecule has 0 spiro atoms. The number of fused-ring (bicyclic) bond motifs is 1. The van der Waals surface area contributed by atoms with Gasteiger partial charge in [0.25, 0.3) is 0 Å². The maximum atomic E-state index is 3.75. The minimum atomic E-state index is 0.761. The van der Waals surface area contributed by atoms with E-state index in [4.69, 9.17) is 0 Å². The van der Waals surface area contributed by atoms with Gasteiger partial charge in [0.2, 0.25) is 0 Å². The lowest BCUT2D eigenvalue weighted by molar-refractivity contribution is 0.0612. The highest BCUT2D eigenvalue weighted by molar-refractivity contribution is 4.88. The average Bonchev–Trinajstić information content (AvgIpc) is 3.23. The number of hydrogen-bond donors (Lipinski definition) is 1. The van der Waals surface area contributed by atoms with Crippen molar-refractivity contribution in [3.8, 4) is 0 Å². The van der Waals surface area contributed by atoms with E-state index in [-0.39, 0.29) is 0 Å². The number of hydrogen-bond acceptors (Lipinski definition) is 2. The Morgan fingerprint density at radius 2 is 1.83 bits per heavy atom. The van der Waals surface area contributed by atoms with Gasteiger partial charge >= 0.3 is 0 Å². The molecule has 1 unspecified atom stereocenters. The van der Waals surface area contributed by atoms with E-state index >= 15 is 0 Å². The van der Waals surface area contributed by atoms with Crippen LogP contribution in [0, 0.1) is 11.8 Å². The molecule has 1 N–H and O–H groups in total. The minimum Gasteiger partial charge on any atom is -0.313 e. The lowest BCUT2D eigenvalue weighted by Gasteiger charge is -2.44. The van der Waals surface area contributed by atoms with Gasteiger partial charge in [-0.15, -0.1) is 0 Å². The average molecular weight is 250 g/mol. The molecule has 3 fully saturated rings. The van der Waals surface area contributed by atoms with Crippen LogP contribution >= 0.6 is 0 Å². The molecule has 1 saturated heterocycles. The molecule has 2 nitrogen and oxygen atoms in total. The molecule has 3 rings (SSSR count). The number of nitrogens with zero attached hydrogens (tertiary/aromatic N) is 1. The maximum absolute atomic E-state index is 3.75. The summed E-state index contributed by atoms with van der Waals surface area (Å²) in [5, 5.41) is 3.75. The molecule has 0 aromatic carbocycles. The summed E-state index contributed by atoms with van der Waals surface area (Å²) in [5.41, 5.74) is 0. The van der Waals surface area contributed by atoms with Crippen molar-refractivity contribution < 1.29 is 0 Å². The zero-order chi connectivity index (χ0) is 12.4. The summed E-state index contributed by atoms with van der Waals surface area (Å²) in [7, 11) is 0. The first-order valence-electron chi connectivity index (χ1n) is 8.32. The van der Waals surface area contributed by atoms with Crippen LogP contribution in [0.1, 0.15) is 58.3 Å². The summed E-state index contributed by atoms with van der Waals surface area (Å²) in [6.07, 6.45) is 11.8. The highest BCUT2D eigenvalue weighted by Gasteiger charge is 2.33. The summed E-state index contributed by atoms with van der Waals surface area (Å²) < 4.78 is 0. The van der Waals surface area contributed by atoms with Crippen molar-refractivity contribution in [3.63, 3.8) is 0 Å². The SMILES string of the molecule is CC(NCCN1CCC[C@H]2CCCC[C@H]21)C1CC1. The van der Waals surface area contributed by atoms with Gasteiger partial charge in [-0.25, -0.2) is 0 Å². The van der Waals surface area contributed by atoms with Crippen LogP contribution in [-0.2, 0) is 0 Å². The Kier molecular flexibility index (Phi) is 4.25. The first-order chi connectivity index (χ1) is 8.84. The van der Waals surface area contributed by atoms with E-state index in [0.29, 0.717) is 0 Å². The Bertz CT molecular complexity index is 260. The smallest absolute Gasteiger partial charge is 0.0124 e. The molecule has 104 valence electrons. The molecule has 1 heterocycles. The molecule has 1 aliphatic heterocycles. The third-order valence-electron chi connectivity index (χ3n) is 5.55. The molecular weight excluding hydrogens is 220 g/mol. The monoisotopic (exact) mass is 250 g/mol. The Hall–Kier alpha value is -0.0800. The molecule has 0 aromatic rings. The lowest BCUT2D eigenvalue weighted by atomic mass is 9.78. The van der Waals surface area contributed by atoms with Gasteiger partial charge in [0.15, 0.2) is 0 Å². The van der Waals surface area contributed by atoms with Crippen molar-refractivity contribution in [2.45, 2.75) is 70.4 Å². The van der Waals surface area contributed by atoms with Gasteiger partial charge in [-0.1, -0.05) is 12.8 Å². The summed E-state index contributed by atoms with van der Waals surface area (Å²) >= 11 is 0. The molecule has 0 radical (unpaired) electrons. The van der Waals surface area contributed by atoms with E-state index in [2.05, 4.69) is 17.1 Å². The predicted octanol–water partition coefficient (Wildman–Crippen LogP) is 3.03. The third kappa shape index (κ3) is 3.08. The lowest BCUT2D eigenvalue weighted by Crippen LogP contribution is -2.49. The van der Waals surface area contributed by atoms with Gasteiger partial charge in [0.05, 0.1) is 0 Å². The molecule has 2 heteroatoms. The molecular formula is C16H30N2. The van der Waals surface area contributed by atoms with Crippen LogP contribution in [0.15, 0.2) is 0 Å². The number of likely N-dealkylation sites (tertiary alicyclic amines) is 1. The minimum absolute atomic E-state index is 0.761. The molecule has 18 heavy (non-hydrogen) atoms. The predicted molar refractivity (Wildman–Crippen MR) is 76.7 cm³/mol. The molecule has 0 bridgehead atoms. The van der Waals surface area contributed by atoms with Crippen LogP contribution in [0.5, 0.6) is 0 Å². The van der Waals surface area contributed by atoms with Crippen molar-refractivity contribution in [1.29, 1.82) is 0 Å². The number of rotatable bonds is 5. The Morgan fingerprint density at radius 3 is 2.67 bits per heavy atom. The second-order valence-corrected chi connectivity index (χ2v) is 6.87. The first kappa shape index (κ1) is 12.9. The standard InChI is InChI=1S/C16H30N2/c1-13(14-8-9-14)17-10-12-18-11-4-6-15-5-2-3-7-16(15)18/h13-17H,2-12H2,1H3/t13?,15-,16-/m1/s1. The van der Waals surface area contributed by atoms with Crippen LogP contribution in [0.4, 0.5) is 0 Å². The topological polar surface area (TPSA) is 15.3 Å². The molecule has 0 amide bonds. The second kappa shape index (κ2) is 5.92. The molecule has 3 aliphatic rings. The number of nitrogens with one attached hydrogen (secondary N) is 1. The van der Waals surface area contributed by atoms with Crippen LogP contribution in [-0.4, -0.2) is 36.6 Å². The van der Waals surface area contributed by atoms with E-state index in [0.717, 1.165) is 23.9 Å². The summed E-state index contributed by atoms with van der Waals surface area (Å²) in [6.45, 7) is 6.23. The van der Waals surface area contributed by atoms with Crippen molar-refractivity contribution in [2.75, 3.05) is 19.6 Å². The van der Waals surface area contributed by atoms with E-state index < -0.39 is 0 Å². The zero-order valence-corrected chi connectivity index (χ0v) is 12.0. The van der Waals surface area contributed by atoms with Crippen molar-refractivity contribution in [3.05, 3.63) is 0 Å². The maximum Gasteiger partial charge on any atom is 0.0124 e. The van der Waals surface area contributed by atoms with Crippen molar-refractivity contribution >= 4 is 0 Å². The molecule has 3 atom stereocenters. The zero-order valence-electron chi connectivity index (χ0n) is 12.0. The fourth-order valence-corrected chi connectivity index (χ4v) is 4.20. The Balaban J connectivity index is 1.42. The Labute approximate surface area is 113 Å². The summed E-state index contributed by atoms with van der Waals surface area (Å²) in [5.74, 6) is 2.03.